The molecule has 7 nitrogen and oxygen atoms in total. The van der Waals surface area contributed by atoms with E-state index in [-0.39, 0.29) is 11.9 Å². The molecule has 21 heavy (non-hydrogen) atoms. The zero-order valence-electron chi connectivity index (χ0n) is 12.1. The van der Waals surface area contributed by atoms with E-state index in [0.29, 0.717) is 32.4 Å². The molecule has 2 rings (SSSR count). The quantitative estimate of drug-likeness (QED) is 0.761. The first kappa shape index (κ1) is 16.2. The highest BCUT2D eigenvalue weighted by Crippen LogP contribution is 2.34. The standard InChI is InChI=1S/C13H22N2O5S/c1-21(19,20)14-9-4-3-7-15(8-9)12(16)10-5-2-6-11(10)13(17)18/h9-11,14H,2-8H2,1H3,(H,17,18)/t9?,10-,11+/m1/s1. The molecule has 3 atom stereocenters. The first-order chi connectivity index (χ1) is 9.78. The molecule has 2 N–H and O–H groups in total. The molecule has 0 aromatic heterocycles. The second kappa shape index (κ2) is 6.31. The SMILES string of the molecule is CS(=O)(=O)NC1CCCN(C(=O)[C@@H]2CCC[C@@H]2C(=O)O)C1. The lowest BCUT2D eigenvalue weighted by Gasteiger charge is -2.35. The van der Waals surface area contributed by atoms with Crippen molar-refractivity contribution in [1.29, 1.82) is 0 Å². The van der Waals surface area contributed by atoms with Crippen molar-refractivity contribution in [3.8, 4) is 0 Å². The van der Waals surface area contributed by atoms with Crippen LogP contribution in [0.25, 0.3) is 0 Å². The van der Waals surface area contributed by atoms with Gasteiger partial charge in [-0.2, -0.15) is 0 Å². The van der Waals surface area contributed by atoms with E-state index in [1.807, 2.05) is 0 Å². The van der Waals surface area contributed by atoms with Crippen LogP contribution in [0.4, 0.5) is 0 Å². The molecule has 1 heterocycles. The number of rotatable bonds is 4. The lowest BCUT2D eigenvalue weighted by atomic mass is 9.93. The van der Waals surface area contributed by atoms with E-state index in [0.717, 1.165) is 19.1 Å². The molecular formula is C13H22N2O5S. The summed E-state index contributed by atoms with van der Waals surface area (Å²) in [4.78, 5) is 25.3. The highest BCUT2D eigenvalue weighted by molar-refractivity contribution is 7.88. The summed E-state index contributed by atoms with van der Waals surface area (Å²) in [5.41, 5.74) is 0. The Hall–Kier alpha value is -1.15. The average Bonchev–Trinajstić information content (AvgIpc) is 2.85. The van der Waals surface area contributed by atoms with Gasteiger partial charge >= 0.3 is 5.97 Å². The van der Waals surface area contributed by atoms with Gasteiger partial charge in [-0.25, -0.2) is 13.1 Å². The number of likely N-dealkylation sites (tertiary alicyclic amines) is 1. The normalized spacial score (nSPS) is 30.3. The molecule has 0 bridgehead atoms. The van der Waals surface area contributed by atoms with Crippen molar-refractivity contribution in [2.45, 2.75) is 38.1 Å². The van der Waals surface area contributed by atoms with Crippen LogP contribution in [-0.2, 0) is 19.6 Å². The predicted molar refractivity (Wildman–Crippen MR) is 76.0 cm³/mol. The maximum absolute atomic E-state index is 12.5. The van der Waals surface area contributed by atoms with Crippen LogP contribution in [0, 0.1) is 11.8 Å². The Kier molecular flexibility index (Phi) is 4.88. The third-order valence-corrected chi connectivity index (χ3v) is 5.03. The van der Waals surface area contributed by atoms with Crippen LogP contribution >= 0.6 is 0 Å². The average molecular weight is 318 g/mol. The summed E-state index contributed by atoms with van der Waals surface area (Å²) in [5, 5.41) is 9.17. The highest BCUT2D eigenvalue weighted by atomic mass is 32.2. The third kappa shape index (κ3) is 4.16. The maximum Gasteiger partial charge on any atom is 0.307 e. The molecule has 2 aliphatic rings. The van der Waals surface area contributed by atoms with Crippen molar-refractivity contribution < 1.29 is 23.1 Å². The molecule has 0 radical (unpaired) electrons. The van der Waals surface area contributed by atoms with Gasteiger partial charge in [0.2, 0.25) is 15.9 Å². The van der Waals surface area contributed by atoms with E-state index in [2.05, 4.69) is 4.72 Å². The van der Waals surface area contributed by atoms with Crippen molar-refractivity contribution in [3.63, 3.8) is 0 Å². The van der Waals surface area contributed by atoms with Gasteiger partial charge in [-0.3, -0.25) is 9.59 Å². The second-order valence-corrected chi connectivity index (χ2v) is 7.78. The van der Waals surface area contributed by atoms with Crippen LogP contribution in [0.1, 0.15) is 32.1 Å². The molecule has 0 aromatic carbocycles. The van der Waals surface area contributed by atoms with E-state index in [1.54, 1.807) is 4.90 Å². The van der Waals surface area contributed by atoms with Crippen molar-refractivity contribution in [1.82, 2.24) is 9.62 Å². The number of aliphatic carboxylic acids is 1. The van der Waals surface area contributed by atoms with Crippen molar-refractivity contribution in [2.24, 2.45) is 11.8 Å². The molecule has 1 aliphatic heterocycles. The molecule has 1 aliphatic carbocycles. The number of carboxylic acids is 1. The van der Waals surface area contributed by atoms with Crippen molar-refractivity contribution >= 4 is 21.9 Å². The molecule has 8 heteroatoms. The van der Waals surface area contributed by atoms with Crippen LogP contribution in [-0.4, -0.2) is 55.7 Å². The minimum absolute atomic E-state index is 0.139. The van der Waals surface area contributed by atoms with Gasteiger partial charge in [-0.05, 0) is 25.7 Å². The topological polar surface area (TPSA) is 104 Å². The van der Waals surface area contributed by atoms with Gasteiger partial charge < -0.3 is 10.0 Å². The first-order valence-corrected chi connectivity index (χ1v) is 9.16. The van der Waals surface area contributed by atoms with E-state index >= 15 is 0 Å². The van der Waals surface area contributed by atoms with E-state index in [1.165, 1.54) is 0 Å². The van der Waals surface area contributed by atoms with Crippen molar-refractivity contribution in [2.75, 3.05) is 19.3 Å². The van der Waals surface area contributed by atoms with Crippen molar-refractivity contribution in [3.05, 3.63) is 0 Å². The molecule has 120 valence electrons. The summed E-state index contributed by atoms with van der Waals surface area (Å²) in [5.74, 6) is -2.10. The Bertz CT molecular complexity index is 519. The fraction of sp³-hybridized carbons (Fsp3) is 0.846. The van der Waals surface area contributed by atoms with Gasteiger partial charge in [0.1, 0.15) is 0 Å². The maximum atomic E-state index is 12.5. The van der Waals surface area contributed by atoms with Gasteiger partial charge in [0.05, 0.1) is 18.1 Å². The summed E-state index contributed by atoms with van der Waals surface area (Å²) < 4.78 is 25.1. The Morgan fingerprint density at radius 3 is 2.43 bits per heavy atom. The lowest BCUT2D eigenvalue weighted by molar-refractivity contribution is -0.149. The number of piperidine rings is 1. The second-order valence-electron chi connectivity index (χ2n) is 6.00. The fourth-order valence-electron chi connectivity index (χ4n) is 3.36. The van der Waals surface area contributed by atoms with E-state index < -0.39 is 27.8 Å². The van der Waals surface area contributed by atoms with Gasteiger partial charge in [0, 0.05) is 19.1 Å². The molecular weight excluding hydrogens is 296 g/mol. The predicted octanol–water partition coefficient (Wildman–Crippen LogP) is 0.0275. The Balaban J connectivity index is 2.00. The number of amides is 1. The number of sulfonamides is 1. The third-order valence-electron chi connectivity index (χ3n) is 4.26. The van der Waals surface area contributed by atoms with Crippen LogP contribution in [0.3, 0.4) is 0 Å². The molecule has 0 spiro atoms. The summed E-state index contributed by atoms with van der Waals surface area (Å²) >= 11 is 0. The molecule has 1 amide bonds. The highest BCUT2D eigenvalue weighted by Gasteiger charge is 2.40. The monoisotopic (exact) mass is 318 g/mol. The van der Waals surface area contributed by atoms with Gasteiger partial charge in [-0.1, -0.05) is 6.42 Å². The van der Waals surface area contributed by atoms with E-state index in [4.69, 9.17) is 0 Å². The van der Waals surface area contributed by atoms with Crippen LogP contribution in [0.15, 0.2) is 0 Å². The number of carboxylic acid groups (broad SMARTS) is 1. The molecule has 1 unspecified atom stereocenters. The molecule has 1 saturated heterocycles. The summed E-state index contributed by atoms with van der Waals surface area (Å²) in [6, 6.07) is -0.276. The van der Waals surface area contributed by atoms with Gasteiger partial charge in [0.25, 0.3) is 0 Å². The number of carbonyl (C=O) groups excluding carboxylic acids is 1. The summed E-state index contributed by atoms with van der Waals surface area (Å²) in [6.07, 6.45) is 4.44. The lowest BCUT2D eigenvalue weighted by Crippen LogP contribution is -2.51. The first-order valence-electron chi connectivity index (χ1n) is 7.27. The smallest absolute Gasteiger partial charge is 0.307 e. The fourth-order valence-corrected chi connectivity index (χ4v) is 4.16. The number of nitrogens with one attached hydrogen (secondary N) is 1. The Morgan fingerprint density at radius 1 is 1.14 bits per heavy atom. The summed E-state index contributed by atoms with van der Waals surface area (Å²) in [6.45, 7) is 0.901. The van der Waals surface area contributed by atoms with E-state index in [9.17, 15) is 23.1 Å². The van der Waals surface area contributed by atoms with Crippen LogP contribution < -0.4 is 4.72 Å². The summed E-state index contributed by atoms with van der Waals surface area (Å²) in [7, 11) is -3.30. The minimum atomic E-state index is -3.30. The molecule has 1 saturated carbocycles. The molecule has 0 aromatic rings. The van der Waals surface area contributed by atoms with Gasteiger partial charge in [0.15, 0.2) is 0 Å². The minimum Gasteiger partial charge on any atom is -0.481 e. The van der Waals surface area contributed by atoms with Gasteiger partial charge in [-0.15, -0.1) is 0 Å². The largest absolute Gasteiger partial charge is 0.481 e. The number of nitrogens with zero attached hydrogens (tertiary/aromatic N) is 1. The number of carbonyl (C=O) groups is 2. The van der Waals surface area contributed by atoms with Crippen LogP contribution in [0.5, 0.6) is 0 Å². The number of hydrogen-bond acceptors (Lipinski definition) is 4. The number of hydrogen-bond donors (Lipinski definition) is 2. The zero-order chi connectivity index (χ0) is 15.6. The molecule has 2 fully saturated rings. The Labute approximate surface area is 124 Å². The zero-order valence-corrected chi connectivity index (χ0v) is 12.9. The Morgan fingerprint density at radius 2 is 1.81 bits per heavy atom. The van der Waals surface area contributed by atoms with Crippen LogP contribution in [0.2, 0.25) is 0 Å².